The summed E-state index contributed by atoms with van der Waals surface area (Å²) in [4.78, 5) is 16.3. The Bertz CT molecular complexity index is 848. The number of allylic oxidation sites excluding steroid dienone is 1. The monoisotopic (exact) mass is 413 g/mol. The van der Waals surface area contributed by atoms with Gasteiger partial charge in [0.25, 0.3) is 5.91 Å². The average Bonchev–Trinajstić information content (AvgIpc) is 3.31. The quantitative estimate of drug-likeness (QED) is 0.701. The normalized spacial score (nSPS) is 21.3. The van der Waals surface area contributed by atoms with Crippen LogP contribution in [0, 0.1) is 0 Å². The molecule has 0 saturated heterocycles. The van der Waals surface area contributed by atoms with Gasteiger partial charge in [0.15, 0.2) is 5.76 Å². The molecule has 1 aromatic carbocycles. The van der Waals surface area contributed by atoms with Gasteiger partial charge in [-0.05, 0) is 47.9 Å². The van der Waals surface area contributed by atoms with E-state index in [4.69, 9.17) is 14.6 Å². The summed E-state index contributed by atoms with van der Waals surface area (Å²) in [6, 6.07) is 12.4. The molecule has 0 unspecified atom stereocenters. The summed E-state index contributed by atoms with van der Waals surface area (Å²) < 4.78 is 11.9. The third-order valence-electron chi connectivity index (χ3n) is 5.45. The topological polar surface area (TPSA) is 59.0 Å². The van der Waals surface area contributed by atoms with Gasteiger partial charge in [0.1, 0.15) is 0 Å². The van der Waals surface area contributed by atoms with Crippen LogP contribution in [0.5, 0.6) is 0 Å². The van der Waals surface area contributed by atoms with Gasteiger partial charge in [0.05, 0.1) is 6.61 Å². The van der Waals surface area contributed by atoms with Gasteiger partial charge in [-0.1, -0.05) is 30.3 Å². The number of carbonyl (C=O) groups excluding carboxylic acids is 1. The van der Waals surface area contributed by atoms with Crippen LogP contribution in [0.15, 0.2) is 53.6 Å². The van der Waals surface area contributed by atoms with Gasteiger partial charge < -0.3 is 19.5 Å². The van der Waals surface area contributed by atoms with E-state index in [1.54, 1.807) is 11.3 Å². The Morgan fingerprint density at radius 3 is 2.86 bits per heavy atom. The number of unbranched alkanes of at least 4 members (excludes halogenated alkanes) is 1. The summed E-state index contributed by atoms with van der Waals surface area (Å²) in [5.41, 5.74) is 2.52. The Balaban J connectivity index is 1.48. The Morgan fingerprint density at radius 1 is 1.21 bits per heavy atom. The number of thiophene rings is 1. The molecule has 0 aliphatic carbocycles. The summed E-state index contributed by atoms with van der Waals surface area (Å²) in [5.74, 6) is 0.438. The fourth-order valence-corrected chi connectivity index (χ4v) is 4.68. The van der Waals surface area contributed by atoms with Crippen molar-refractivity contribution in [1.82, 2.24) is 4.90 Å². The van der Waals surface area contributed by atoms with E-state index in [-0.39, 0.29) is 18.4 Å². The molecule has 154 valence electrons. The average molecular weight is 414 g/mol. The highest BCUT2D eigenvalue weighted by atomic mass is 32.1. The van der Waals surface area contributed by atoms with Gasteiger partial charge in [-0.3, -0.25) is 4.79 Å². The number of rotatable bonds is 7. The summed E-state index contributed by atoms with van der Waals surface area (Å²) >= 11 is 1.69. The van der Waals surface area contributed by atoms with Crippen LogP contribution < -0.4 is 0 Å². The molecule has 5 nitrogen and oxygen atoms in total. The molecule has 29 heavy (non-hydrogen) atoms. The molecule has 6 heteroatoms. The Labute approximate surface area is 175 Å². The second-order valence-corrected chi connectivity index (χ2v) is 8.46. The van der Waals surface area contributed by atoms with Crippen molar-refractivity contribution in [1.29, 1.82) is 0 Å². The smallest absolute Gasteiger partial charge is 0.289 e. The Hall–Kier alpha value is -2.15. The lowest BCUT2D eigenvalue weighted by Gasteiger charge is -2.33. The van der Waals surface area contributed by atoms with Crippen molar-refractivity contribution in [3.05, 3.63) is 69.6 Å². The molecule has 4 rings (SSSR count). The van der Waals surface area contributed by atoms with Crippen LogP contribution in [-0.4, -0.2) is 42.0 Å². The highest BCUT2D eigenvalue weighted by Gasteiger charge is 2.32. The van der Waals surface area contributed by atoms with Gasteiger partial charge in [0, 0.05) is 36.9 Å². The summed E-state index contributed by atoms with van der Waals surface area (Å²) in [7, 11) is 0. The molecule has 0 saturated carbocycles. The molecule has 2 aromatic rings. The number of aliphatic hydroxyl groups excluding tert-OH is 1. The molecule has 0 radical (unpaired) electrons. The second kappa shape index (κ2) is 9.57. The Morgan fingerprint density at radius 2 is 2.07 bits per heavy atom. The van der Waals surface area contributed by atoms with Crippen molar-refractivity contribution in [3.63, 3.8) is 0 Å². The number of ether oxygens (including phenoxy) is 2. The largest absolute Gasteiger partial charge is 0.459 e. The molecular weight excluding hydrogens is 386 g/mol. The lowest BCUT2D eigenvalue weighted by atomic mass is 9.98. The number of nitrogens with zero attached hydrogens (tertiary/aromatic N) is 1. The van der Waals surface area contributed by atoms with Crippen LogP contribution in [0.3, 0.4) is 0 Å². The zero-order chi connectivity index (χ0) is 20.1. The van der Waals surface area contributed by atoms with Crippen molar-refractivity contribution >= 4 is 17.2 Å². The number of hydrogen-bond acceptors (Lipinski definition) is 5. The van der Waals surface area contributed by atoms with E-state index < -0.39 is 6.29 Å². The first-order valence-corrected chi connectivity index (χ1v) is 11.1. The molecule has 0 bridgehead atoms. The third kappa shape index (κ3) is 4.89. The van der Waals surface area contributed by atoms with E-state index in [2.05, 4.69) is 23.6 Å². The fourth-order valence-electron chi connectivity index (χ4n) is 3.86. The first-order valence-electron chi connectivity index (χ1n) is 10.2. The van der Waals surface area contributed by atoms with Crippen LogP contribution in [0.1, 0.15) is 41.2 Å². The van der Waals surface area contributed by atoms with E-state index in [1.165, 1.54) is 16.0 Å². The van der Waals surface area contributed by atoms with Crippen molar-refractivity contribution in [3.8, 4) is 0 Å². The maximum absolute atomic E-state index is 13.2. The summed E-state index contributed by atoms with van der Waals surface area (Å²) in [5, 5.41) is 11.0. The van der Waals surface area contributed by atoms with Gasteiger partial charge >= 0.3 is 0 Å². The zero-order valence-electron chi connectivity index (χ0n) is 16.5. The molecular formula is C23H27NO4S. The highest BCUT2D eigenvalue weighted by Crippen LogP contribution is 2.34. The van der Waals surface area contributed by atoms with Crippen LogP contribution in [0.4, 0.5) is 0 Å². The molecule has 1 N–H and O–H groups in total. The lowest BCUT2D eigenvalue weighted by Crippen LogP contribution is -2.39. The zero-order valence-corrected chi connectivity index (χ0v) is 17.3. The number of amides is 1. The standard InChI is InChI=1S/C23H27NO4S/c25-11-3-4-12-27-22-15-19(21-8-5-13-29-21)14-20(28-22)23(26)24-10-9-17-6-1-2-7-18(17)16-24/h1-2,5-8,13-14,19,22,25H,3-4,9-12,15-16H2/t19-,22+/m1/s1. The van der Waals surface area contributed by atoms with Gasteiger partial charge in [0.2, 0.25) is 6.29 Å². The van der Waals surface area contributed by atoms with E-state index in [1.807, 2.05) is 29.2 Å². The van der Waals surface area contributed by atoms with Gasteiger partial charge in [-0.2, -0.15) is 0 Å². The first kappa shape index (κ1) is 20.1. The predicted molar refractivity (Wildman–Crippen MR) is 112 cm³/mol. The fraction of sp³-hybridized carbons (Fsp3) is 0.435. The maximum atomic E-state index is 13.2. The molecule has 0 fully saturated rings. The maximum Gasteiger partial charge on any atom is 0.289 e. The van der Waals surface area contributed by atoms with Crippen LogP contribution >= 0.6 is 11.3 Å². The first-order chi connectivity index (χ1) is 14.2. The molecule has 0 spiro atoms. The predicted octanol–water partition coefficient (Wildman–Crippen LogP) is 3.84. The van der Waals surface area contributed by atoms with Crippen molar-refractivity contribution < 1.29 is 19.4 Å². The number of aliphatic hydroxyl groups is 1. The molecule has 1 aromatic heterocycles. The van der Waals surface area contributed by atoms with Gasteiger partial charge in [-0.15, -0.1) is 11.3 Å². The number of fused-ring (bicyclic) bond motifs is 1. The SMILES string of the molecule is O=C(C1=C[C@@H](c2cccs2)C[C@@H](OCCCCO)O1)N1CCc2ccccc2C1. The van der Waals surface area contributed by atoms with Crippen LogP contribution in [0.25, 0.3) is 0 Å². The molecule has 2 aliphatic rings. The summed E-state index contributed by atoms with van der Waals surface area (Å²) in [6.07, 6.45) is 4.56. The van der Waals surface area contributed by atoms with Crippen LogP contribution in [0.2, 0.25) is 0 Å². The van der Waals surface area contributed by atoms with E-state index >= 15 is 0 Å². The number of benzene rings is 1. The third-order valence-corrected chi connectivity index (χ3v) is 6.46. The molecule has 3 heterocycles. The molecule has 1 amide bonds. The lowest BCUT2D eigenvalue weighted by molar-refractivity contribution is -0.153. The van der Waals surface area contributed by atoms with Crippen molar-refractivity contribution in [2.24, 2.45) is 0 Å². The number of hydrogen-bond donors (Lipinski definition) is 1. The minimum atomic E-state index is -0.443. The van der Waals surface area contributed by atoms with Gasteiger partial charge in [-0.25, -0.2) is 0 Å². The molecule has 2 aliphatic heterocycles. The van der Waals surface area contributed by atoms with E-state index in [0.29, 0.717) is 38.3 Å². The minimum Gasteiger partial charge on any atom is -0.459 e. The van der Waals surface area contributed by atoms with Crippen LogP contribution in [-0.2, 0) is 27.2 Å². The van der Waals surface area contributed by atoms with Crippen molar-refractivity contribution in [2.75, 3.05) is 19.8 Å². The van der Waals surface area contributed by atoms with E-state index in [0.717, 1.165) is 12.8 Å². The van der Waals surface area contributed by atoms with E-state index in [9.17, 15) is 4.79 Å². The summed E-state index contributed by atoms with van der Waals surface area (Å²) in [6.45, 7) is 1.98. The minimum absolute atomic E-state index is 0.0651. The second-order valence-electron chi connectivity index (χ2n) is 7.48. The highest BCUT2D eigenvalue weighted by molar-refractivity contribution is 7.10. The Kier molecular flexibility index (Phi) is 6.64. The molecule has 2 atom stereocenters. The number of carbonyl (C=O) groups is 1. The van der Waals surface area contributed by atoms with Crippen molar-refractivity contribution in [2.45, 2.75) is 44.4 Å².